The summed E-state index contributed by atoms with van der Waals surface area (Å²) in [4.78, 5) is 11.1. The van der Waals surface area contributed by atoms with Gasteiger partial charge in [-0.15, -0.1) is 0 Å². The Morgan fingerprint density at radius 3 is 3.00 bits per heavy atom. The van der Waals surface area contributed by atoms with Crippen LogP contribution < -0.4 is 4.74 Å². The summed E-state index contributed by atoms with van der Waals surface area (Å²) in [5, 5.41) is 12.2. The lowest BCUT2D eigenvalue weighted by molar-refractivity contribution is 0.247. The number of aliphatic imine (C=N–C) groups is 1. The molecule has 0 amide bonds. The molecule has 0 saturated heterocycles. The smallest absolute Gasteiger partial charge is 0.165 e. The average molecular weight is 317 g/mol. The molecule has 0 fully saturated rings. The van der Waals surface area contributed by atoms with Crippen molar-refractivity contribution in [2.24, 2.45) is 4.99 Å². The van der Waals surface area contributed by atoms with Gasteiger partial charge < -0.3 is 14.7 Å². The summed E-state index contributed by atoms with van der Waals surface area (Å²) >= 11 is 1.56. The van der Waals surface area contributed by atoms with Gasteiger partial charge in [-0.3, -0.25) is 4.99 Å². The minimum absolute atomic E-state index is 0.115. The maximum absolute atomic E-state index is 9.21. The summed E-state index contributed by atoms with van der Waals surface area (Å²) < 4.78 is 5.56. The zero-order chi connectivity index (χ0) is 15.5. The van der Waals surface area contributed by atoms with Gasteiger partial charge in [-0.2, -0.15) is 0 Å². The third kappa shape index (κ3) is 2.89. The Bertz CT molecular complexity index is 718. The van der Waals surface area contributed by atoms with Crippen molar-refractivity contribution in [3.63, 3.8) is 0 Å². The molecule has 0 saturated carbocycles. The molecule has 1 N–H and O–H groups in total. The highest BCUT2D eigenvalue weighted by Crippen LogP contribution is 2.33. The fourth-order valence-electron chi connectivity index (χ4n) is 2.55. The largest absolute Gasteiger partial charge is 0.494 e. The highest BCUT2D eigenvalue weighted by Gasteiger charge is 2.23. The Balaban J connectivity index is 2.01. The number of benzene rings is 1. The molecule has 5 nitrogen and oxygen atoms in total. The van der Waals surface area contributed by atoms with E-state index in [2.05, 4.69) is 16.0 Å². The number of rotatable bonds is 4. The van der Waals surface area contributed by atoms with Crippen molar-refractivity contribution in [2.75, 3.05) is 26.8 Å². The first-order chi connectivity index (χ1) is 10.7. The molecule has 22 heavy (non-hydrogen) atoms. The second kappa shape index (κ2) is 6.54. The molecule has 1 aromatic heterocycles. The molecule has 0 bridgehead atoms. The first-order valence-corrected chi connectivity index (χ1v) is 8.13. The van der Waals surface area contributed by atoms with E-state index in [0.717, 1.165) is 39.0 Å². The number of amidine groups is 1. The SMILES string of the molecule is CCOc1ccc2nc3c(cc2c1)CN(CCO)C(=NC)S3. The maximum atomic E-state index is 9.21. The van der Waals surface area contributed by atoms with Crippen molar-refractivity contribution in [3.05, 3.63) is 29.8 Å². The summed E-state index contributed by atoms with van der Waals surface area (Å²) in [6, 6.07) is 8.12. The molecule has 1 aliphatic heterocycles. The third-order valence-electron chi connectivity index (χ3n) is 3.52. The van der Waals surface area contributed by atoms with Gasteiger partial charge in [-0.25, -0.2) is 4.98 Å². The van der Waals surface area contributed by atoms with Crippen LogP contribution in [-0.2, 0) is 6.54 Å². The number of hydrogen-bond acceptors (Lipinski definition) is 5. The number of fused-ring (bicyclic) bond motifs is 2. The number of thioether (sulfide) groups is 1. The number of pyridine rings is 1. The third-order valence-corrected chi connectivity index (χ3v) is 4.69. The van der Waals surface area contributed by atoms with Crippen LogP contribution in [0.2, 0.25) is 0 Å². The predicted octanol–water partition coefficient (Wildman–Crippen LogP) is 2.52. The Morgan fingerprint density at radius 2 is 2.27 bits per heavy atom. The second-order valence-electron chi connectivity index (χ2n) is 4.99. The number of aliphatic hydroxyl groups excluding tert-OH is 1. The second-order valence-corrected chi connectivity index (χ2v) is 5.95. The summed E-state index contributed by atoms with van der Waals surface area (Å²) in [6.07, 6.45) is 0. The average Bonchev–Trinajstić information content (AvgIpc) is 2.53. The van der Waals surface area contributed by atoms with Gasteiger partial charge in [0.1, 0.15) is 10.8 Å². The van der Waals surface area contributed by atoms with E-state index >= 15 is 0 Å². The molecule has 1 aliphatic rings. The standard InChI is InChI=1S/C16H19N3O2S/c1-3-21-13-4-5-14-11(9-13)8-12-10-19(6-7-20)16(17-2)22-15(12)18-14/h4-5,8-9,20H,3,6-7,10H2,1-2H3. The highest BCUT2D eigenvalue weighted by molar-refractivity contribution is 8.13. The molecule has 2 heterocycles. The summed E-state index contributed by atoms with van der Waals surface area (Å²) in [5.41, 5.74) is 2.12. The zero-order valence-electron chi connectivity index (χ0n) is 12.7. The Labute approximate surface area is 134 Å². The van der Waals surface area contributed by atoms with Gasteiger partial charge in [0.2, 0.25) is 0 Å². The van der Waals surface area contributed by atoms with Crippen molar-refractivity contribution in [1.29, 1.82) is 0 Å². The van der Waals surface area contributed by atoms with E-state index in [4.69, 9.17) is 9.72 Å². The lowest BCUT2D eigenvalue weighted by Crippen LogP contribution is -2.34. The molecular weight excluding hydrogens is 298 g/mol. The van der Waals surface area contributed by atoms with Crippen molar-refractivity contribution < 1.29 is 9.84 Å². The fourth-order valence-corrected chi connectivity index (χ4v) is 3.49. The molecule has 3 rings (SSSR count). The lowest BCUT2D eigenvalue weighted by Gasteiger charge is -2.30. The molecule has 1 aromatic carbocycles. The maximum Gasteiger partial charge on any atom is 0.165 e. The van der Waals surface area contributed by atoms with E-state index in [9.17, 15) is 5.11 Å². The minimum Gasteiger partial charge on any atom is -0.494 e. The summed E-state index contributed by atoms with van der Waals surface area (Å²) in [7, 11) is 1.77. The highest BCUT2D eigenvalue weighted by atomic mass is 32.2. The Kier molecular flexibility index (Phi) is 4.49. The van der Waals surface area contributed by atoms with Crippen LogP contribution in [0.25, 0.3) is 10.9 Å². The molecule has 0 atom stereocenters. The molecular formula is C16H19N3O2S. The van der Waals surface area contributed by atoms with E-state index < -0.39 is 0 Å². The van der Waals surface area contributed by atoms with E-state index in [1.54, 1.807) is 18.8 Å². The predicted molar refractivity (Wildman–Crippen MR) is 89.6 cm³/mol. The fraction of sp³-hybridized carbons (Fsp3) is 0.375. The number of hydrogen-bond donors (Lipinski definition) is 1. The van der Waals surface area contributed by atoms with Crippen LogP contribution in [0.3, 0.4) is 0 Å². The van der Waals surface area contributed by atoms with Crippen LogP contribution in [0.15, 0.2) is 34.3 Å². The molecule has 0 radical (unpaired) electrons. The Hall–Kier alpha value is -1.79. The lowest BCUT2D eigenvalue weighted by atomic mass is 10.1. The minimum atomic E-state index is 0.115. The topological polar surface area (TPSA) is 58.0 Å². The van der Waals surface area contributed by atoms with E-state index in [1.807, 2.05) is 25.1 Å². The monoisotopic (exact) mass is 317 g/mol. The van der Waals surface area contributed by atoms with E-state index in [0.29, 0.717) is 13.2 Å². The van der Waals surface area contributed by atoms with Crippen LogP contribution in [-0.4, -0.2) is 47.0 Å². The first kappa shape index (κ1) is 15.1. The van der Waals surface area contributed by atoms with Crippen LogP contribution in [0.4, 0.5) is 0 Å². The number of nitrogens with zero attached hydrogens (tertiary/aromatic N) is 3. The van der Waals surface area contributed by atoms with Gasteiger partial charge in [-0.1, -0.05) is 0 Å². The normalized spacial score (nSPS) is 16.1. The van der Waals surface area contributed by atoms with Crippen LogP contribution in [0.1, 0.15) is 12.5 Å². The molecule has 116 valence electrons. The van der Waals surface area contributed by atoms with Gasteiger partial charge in [0.25, 0.3) is 0 Å². The summed E-state index contributed by atoms with van der Waals surface area (Å²) in [5.74, 6) is 0.864. The summed E-state index contributed by atoms with van der Waals surface area (Å²) in [6.45, 7) is 4.04. The van der Waals surface area contributed by atoms with Gasteiger partial charge in [-0.05, 0) is 43.0 Å². The van der Waals surface area contributed by atoms with E-state index in [-0.39, 0.29) is 6.61 Å². The number of ether oxygens (including phenoxy) is 1. The molecule has 0 spiro atoms. The van der Waals surface area contributed by atoms with Crippen molar-refractivity contribution in [3.8, 4) is 5.75 Å². The van der Waals surface area contributed by atoms with E-state index in [1.165, 1.54) is 0 Å². The molecule has 0 aliphatic carbocycles. The van der Waals surface area contributed by atoms with Crippen molar-refractivity contribution >= 4 is 27.8 Å². The number of aromatic nitrogens is 1. The molecule has 6 heteroatoms. The zero-order valence-corrected chi connectivity index (χ0v) is 13.6. The van der Waals surface area contributed by atoms with Gasteiger partial charge in [0.05, 0.1) is 18.7 Å². The molecule has 2 aromatic rings. The van der Waals surface area contributed by atoms with Crippen LogP contribution in [0, 0.1) is 0 Å². The quantitative estimate of drug-likeness (QED) is 0.939. The van der Waals surface area contributed by atoms with Gasteiger partial charge in [0, 0.05) is 31.1 Å². The van der Waals surface area contributed by atoms with Gasteiger partial charge in [0.15, 0.2) is 5.17 Å². The van der Waals surface area contributed by atoms with Crippen molar-refractivity contribution in [2.45, 2.75) is 18.5 Å². The van der Waals surface area contributed by atoms with Crippen LogP contribution in [0.5, 0.6) is 5.75 Å². The molecule has 0 unspecified atom stereocenters. The number of aliphatic hydroxyl groups is 1. The first-order valence-electron chi connectivity index (χ1n) is 7.32. The Morgan fingerprint density at radius 1 is 1.41 bits per heavy atom. The number of β-amino-alcohol motifs (C(OH)–C–C–N with tert-alkyl or cyclic N) is 1. The van der Waals surface area contributed by atoms with Gasteiger partial charge >= 0.3 is 0 Å². The van der Waals surface area contributed by atoms with Crippen LogP contribution >= 0.6 is 11.8 Å². The van der Waals surface area contributed by atoms with Crippen molar-refractivity contribution in [1.82, 2.24) is 9.88 Å².